The molecule has 0 aliphatic carbocycles. The van der Waals surface area contributed by atoms with E-state index in [0.29, 0.717) is 17.5 Å². The van der Waals surface area contributed by atoms with Crippen LogP contribution in [0.5, 0.6) is 0 Å². The zero-order valence-electron chi connectivity index (χ0n) is 10.8. The number of carbonyl (C=O) groups excluding carboxylic acids is 1. The first-order valence-electron chi connectivity index (χ1n) is 6.18. The van der Waals surface area contributed by atoms with Crippen molar-refractivity contribution >= 4 is 17.2 Å². The fraction of sp³-hybridized carbons (Fsp3) is 0.667. The summed E-state index contributed by atoms with van der Waals surface area (Å²) in [6.45, 7) is 8.10. The van der Waals surface area contributed by atoms with Gasteiger partial charge in [-0.05, 0) is 13.8 Å². The highest BCUT2D eigenvalue weighted by Crippen LogP contribution is 2.11. The second kappa shape index (κ2) is 6.26. The molecule has 1 fully saturated rings. The number of morpholine rings is 1. The standard InChI is InChI=1S/C12H19N3O2S/c1-9(15-3-5-17-6-4-15)7-13-12(16)11-10(2)14-8-18-11/h8-9H,3-7H2,1-2H3,(H,13,16)/t9-/m1/s1. The topological polar surface area (TPSA) is 54.5 Å². The first-order valence-corrected chi connectivity index (χ1v) is 7.06. The minimum atomic E-state index is -0.0184. The summed E-state index contributed by atoms with van der Waals surface area (Å²) in [6.07, 6.45) is 0. The Bertz CT molecular complexity index is 402. The van der Waals surface area contributed by atoms with Crippen LogP contribution in [-0.4, -0.2) is 54.7 Å². The number of nitrogens with one attached hydrogen (secondary N) is 1. The molecular formula is C12H19N3O2S. The summed E-state index contributed by atoms with van der Waals surface area (Å²) in [4.78, 5) is 19.1. The van der Waals surface area contributed by atoms with E-state index in [1.54, 1.807) is 5.51 Å². The average molecular weight is 269 g/mol. The lowest BCUT2D eigenvalue weighted by atomic mass is 10.2. The lowest BCUT2D eigenvalue weighted by Crippen LogP contribution is -2.47. The average Bonchev–Trinajstić information content (AvgIpc) is 2.83. The largest absolute Gasteiger partial charge is 0.379 e. The monoisotopic (exact) mass is 269 g/mol. The molecule has 1 aromatic heterocycles. The summed E-state index contributed by atoms with van der Waals surface area (Å²) in [5.74, 6) is -0.0184. The predicted octanol–water partition coefficient (Wildman–Crippen LogP) is 0.902. The Morgan fingerprint density at radius 1 is 1.61 bits per heavy atom. The van der Waals surface area contributed by atoms with Crippen LogP contribution in [0.2, 0.25) is 0 Å². The van der Waals surface area contributed by atoms with Gasteiger partial charge < -0.3 is 10.1 Å². The van der Waals surface area contributed by atoms with Crippen molar-refractivity contribution in [2.75, 3.05) is 32.8 Å². The van der Waals surface area contributed by atoms with Gasteiger partial charge in [0.25, 0.3) is 5.91 Å². The number of nitrogens with zero attached hydrogens (tertiary/aromatic N) is 2. The van der Waals surface area contributed by atoms with Crippen LogP contribution < -0.4 is 5.32 Å². The van der Waals surface area contributed by atoms with Gasteiger partial charge >= 0.3 is 0 Å². The van der Waals surface area contributed by atoms with Crippen LogP contribution in [0.1, 0.15) is 22.3 Å². The second-order valence-corrected chi connectivity index (χ2v) is 5.33. The Morgan fingerprint density at radius 3 is 2.94 bits per heavy atom. The third-order valence-corrected chi connectivity index (χ3v) is 4.11. The molecule has 1 amide bonds. The van der Waals surface area contributed by atoms with Gasteiger partial charge in [-0.1, -0.05) is 0 Å². The van der Waals surface area contributed by atoms with Crippen molar-refractivity contribution in [1.82, 2.24) is 15.2 Å². The molecule has 5 nitrogen and oxygen atoms in total. The summed E-state index contributed by atoms with van der Waals surface area (Å²) < 4.78 is 5.31. The molecule has 100 valence electrons. The molecule has 1 aliphatic heterocycles. The SMILES string of the molecule is Cc1ncsc1C(=O)NC[C@@H](C)N1CCOCC1. The van der Waals surface area contributed by atoms with Gasteiger partial charge in [-0.2, -0.15) is 0 Å². The Balaban J connectivity index is 1.80. The van der Waals surface area contributed by atoms with Crippen molar-refractivity contribution in [1.29, 1.82) is 0 Å². The summed E-state index contributed by atoms with van der Waals surface area (Å²) >= 11 is 1.39. The molecule has 0 unspecified atom stereocenters. The third kappa shape index (κ3) is 3.28. The summed E-state index contributed by atoms with van der Waals surface area (Å²) in [5, 5.41) is 2.97. The molecule has 0 spiro atoms. The lowest BCUT2D eigenvalue weighted by molar-refractivity contribution is 0.0204. The zero-order valence-corrected chi connectivity index (χ0v) is 11.6. The van der Waals surface area contributed by atoms with Gasteiger partial charge in [0.15, 0.2) is 0 Å². The van der Waals surface area contributed by atoms with E-state index in [2.05, 4.69) is 22.1 Å². The summed E-state index contributed by atoms with van der Waals surface area (Å²) in [7, 11) is 0. The van der Waals surface area contributed by atoms with Crippen molar-refractivity contribution in [3.8, 4) is 0 Å². The summed E-state index contributed by atoms with van der Waals surface area (Å²) in [5.41, 5.74) is 2.51. The number of rotatable bonds is 4. The van der Waals surface area contributed by atoms with Crippen molar-refractivity contribution < 1.29 is 9.53 Å². The summed E-state index contributed by atoms with van der Waals surface area (Å²) in [6, 6.07) is 0.339. The van der Waals surface area contributed by atoms with Crippen molar-refractivity contribution in [2.24, 2.45) is 0 Å². The van der Waals surface area contributed by atoms with Crippen LogP contribution >= 0.6 is 11.3 Å². The Labute approximate surface area is 111 Å². The first kappa shape index (κ1) is 13.5. The van der Waals surface area contributed by atoms with Crippen LogP contribution in [0.3, 0.4) is 0 Å². The van der Waals surface area contributed by atoms with Crippen molar-refractivity contribution in [3.63, 3.8) is 0 Å². The van der Waals surface area contributed by atoms with Gasteiger partial charge in [0, 0.05) is 25.7 Å². The number of aromatic nitrogens is 1. The molecular weight excluding hydrogens is 250 g/mol. The second-order valence-electron chi connectivity index (χ2n) is 4.47. The van der Waals surface area contributed by atoms with Crippen LogP contribution in [0.15, 0.2) is 5.51 Å². The molecule has 0 saturated carbocycles. The van der Waals surface area contributed by atoms with Crippen LogP contribution in [0.25, 0.3) is 0 Å². The fourth-order valence-corrected chi connectivity index (χ4v) is 2.71. The molecule has 1 aromatic rings. The molecule has 18 heavy (non-hydrogen) atoms. The van der Waals surface area contributed by atoms with E-state index >= 15 is 0 Å². The Kier molecular flexibility index (Phi) is 4.68. The molecule has 1 atom stereocenters. The van der Waals surface area contributed by atoms with Gasteiger partial charge in [-0.15, -0.1) is 11.3 Å². The molecule has 1 N–H and O–H groups in total. The smallest absolute Gasteiger partial charge is 0.263 e. The van der Waals surface area contributed by atoms with Crippen LogP contribution in [0, 0.1) is 6.92 Å². The number of carbonyl (C=O) groups is 1. The lowest BCUT2D eigenvalue weighted by Gasteiger charge is -2.32. The zero-order chi connectivity index (χ0) is 13.0. The molecule has 0 bridgehead atoms. The van der Waals surface area contributed by atoms with Gasteiger partial charge in [0.1, 0.15) is 4.88 Å². The van der Waals surface area contributed by atoms with E-state index in [-0.39, 0.29) is 5.91 Å². The molecule has 0 aromatic carbocycles. The first-order chi connectivity index (χ1) is 8.68. The van der Waals surface area contributed by atoms with Gasteiger partial charge in [-0.3, -0.25) is 9.69 Å². The number of aryl methyl sites for hydroxylation is 1. The van der Waals surface area contributed by atoms with E-state index in [9.17, 15) is 4.79 Å². The maximum Gasteiger partial charge on any atom is 0.263 e. The van der Waals surface area contributed by atoms with E-state index in [0.717, 1.165) is 32.0 Å². The highest BCUT2D eigenvalue weighted by molar-refractivity contribution is 7.11. The highest BCUT2D eigenvalue weighted by Gasteiger charge is 2.18. The quantitative estimate of drug-likeness (QED) is 0.882. The molecule has 1 aliphatic rings. The maximum absolute atomic E-state index is 11.9. The predicted molar refractivity (Wildman–Crippen MR) is 71.0 cm³/mol. The maximum atomic E-state index is 11.9. The van der Waals surface area contributed by atoms with Crippen molar-refractivity contribution in [2.45, 2.75) is 19.9 Å². The number of thiazole rings is 1. The van der Waals surface area contributed by atoms with E-state index < -0.39 is 0 Å². The number of ether oxygens (including phenoxy) is 1. The molecule has 1 saturated heterocycles. The number of amides is 1. The van der Waals surface area contributed by atoms with E-state index in [4.69, 9.17) is 4.74 Å². The molecule has 0 radical (unpaired) electrons. The normalized spacial score (nSPS) is 18.6. The van der Waals surface area contributed by atoms with Gasteiger partial charge in [0.2, 0.25) is 0 Å². The molecule has 2 rings (SSSR count). The minimum absolute atomic E-state index is 0.0184. The molecule has 2 heterocycles. The third-order valence-electron chi connectivity index (χ3n) is 3.18. The van der Waals surface area contributed by atoms with Crippen LogP contribution in [-0.2, 0) is 4.74 Å². The number of hydrogen-bond acceptors (Lipinski definition) is 5. The van der Waals surface area contributed by atoms with E-state index in [1.165, 1.54) is 11.3 Å². The Morgan fingerprint density at radius 2 is 2.33 bits per heavy atom. The number of hydrogen-bond donors (Lipinski definition) is 1. The van der Waals surface area contributed by atoms with Crippen LogP contribution in [0.4, 0.5) is 0 Å². The minimum Gasteiger partial charge on any atom is -0.379 e. The fourth-order valence-electron chi connectivity index (χ4n) is 1.99. The molecule has 6 heteroatoms. The Hall–Kier alpha value is -0.980. The van der Waals surface area contributed by atoms with E-state index in [1.807, 2.05) is 6.92 Å². The van der Waals surface area contributed by atoms with Gasteiger partial charge in [0.05, 0.1) is 24.4 Å². The van der Waals surface area contributed by atoms with Gasteiger partial charge in [-0.25, -0.2) is 4.98 Å². The highest BCUT2D eigenvalue weighted by atomic mass is 32.1. The van der Waals surface area contributed by atoms with Crippen molar-refractivity contribution in [3.05, 3.63) is 16.1 Å².